The maximum absolute atomic E-state index is 4.18. The number of aliphatic imine (C=N–C) groups is 1. The molecule has 0 aromatic carbocycles. The Kier molecular flexibility index (Phi) is 0.422. The zero-order chi connectivity index (χ0) is 5.84. The molecule has 3 heterocycles. The molecule has 0 spiro atoms. The van der Waals surface area contributed by atoms with Gasteiger partial charge < -0.3 is 5.32 Å². The highest BCUT2D eigenvalue weighted by Gasteiger charge is 2.44. The second-order valence-electron chi connectivity index (χ2n) is 2.33. The second kappa shape index (κ2) is 0.974. The topological polar surface area (TPSA) is 39.4 Å². The number of nitrogens with zero attached hydrogens (tertiary/aromatic N) is 2. The molecule has 1 unspecified atom stereocenters. The van der Waals surface area contributed by atoms with Crippen LogP contribution in [0.5, 0.6) is 0 Å². The fourth-order valence-electron chi connectivity index (χ4n) is 1.33. The number of nitrogens with one attached hydrogen (secondary N) is 2. The Hall–Kier alpha value is -1.03. The molecule has 0 radical (unpaired) electrons. The summed E-state index contributed by atoms with van der Waals surface area (Å²) in [5.74, 6) is 1.26. The Balaban J connectivity index is 2.09. The average Bonchev–Trinajstić information content (AvgIpc) is 2.35. The summed E-state index contributed by atoms with van der Waals surface area (Å²) in [5, 5.41) is 6.38. The van der Waals surface area contributed by atoms with Gasteiger partial charge in [-0.2, -0.15) is 0 Å². The molecule has 0 saturated heterocycles. The molecule has 4 nitrogen and oxygen atoms in total. The zero-order valence-corrected chi connectivity index (χ0v) is 4.76. The first-order valence-electron chi connectivity index (χ1n) is 3.01. The number of hydrogen-bond acceptors (Lipinski definition) is 4. The molecule has 9 heavy (non-hydrogen) atoms. The monoisotopic (exact) mass is 122 g/mol. The molecule has 0 aliphatic carbocycles. The molecule has 3 aliphatic heterocycles. The van der Waals surface area contributed by atoms with Gasteiger partial charge in [-0.15, -0.1) is 0 Å². The van der Waals surface area contributed by atoms with Gasteiger partial charge in [0, 0.05) is 0 Å². The summed E-state index contributed by atoms with van der Waals surface area (Å²) in [5.41, 5.74) is 1.31. The molecule has 0 bridgehead atoms. The van der Waals surface area contributed by atoms with Crippen molar-refractivity contribution in [3.05, 3.63) is 11.5 Å². The Labute approximate surface area is 52.2 Å². The van der Waals surface area contributed by atoms with Gasteiger partial charge in [0.15, 0.2) is 0 Å². The van der Waals surface area contributed by atoms with Crippen LogP contribution in [0.25, 0.3) is 0 Å². The van der Waals surface area contributed by atoms with Gasteiger partial charge in [0.1, 0.15) is 17.7 Å². The molecule has 46 valence electrons. The molecule has 1 atom stereocenters. The van der Waals surface area contributed by atoms with E-state index in [0.29, 0.717) is 0 Å². The molecule has 0 fully saturated rings. The summed E-state index contributed by atoms with van der Waals surface area (Å²) in [6.07, 6.45) is 2.12. The van der Waals surface area contributed by atoms with Crippen molar-refractivity contribution >= 4 is 6.34 Å². The second-order valence-corrected chi connectivity index (χ2v) is 2.33. The lowest BCUT2D eigenvalue weighted by atomic mass is 10.4. The summed E-state index contributed by atoms with van der Waals surface area (Å²) < 4.78 is 0. The van der Waals surface area contributed by atoms with E-state index in [1.807, 2.05) is 6.34 Å². The summed E-state index contributed by atoms with van der Waals surface area (Å²) in [6, 6.07) is 0. The molecule has 2 N–H and O–H groups in total. The number of hydrogen-bond donors (Lipinski definition) is 2. The molecule has 4 heteroatoms. The number of fused-ring (bicyclic) bond motifs is 1. The van der Waals surface area contributed by atoms with Crippen molar-refractivity contribution in [2.75, 3.05) is 6.67 Å². The van der Waals surface area contributed by atoms with Crippen molar-refractivity contribution < 1.29 is 0 Å². The molecule has 0 aromatic rings. The largest absolute Gasteiger partial charge is 0.357 e. The van der Waals surface area contributed by atoms with E-state index in [1.54, 1.807) is 0 Å². The van der Waals surface area contributed by atoms with E-state index in [2.05, 4.69) is 20.5 Å². The lowest BCUT2D eigenvalue weighted by Gasteiger charge is -2.11. The van der Waals surface area contributed by atoms with Crippen LogP contribution in [0, 0.1) is 0 Å². The predicted molar refractivity (Wildman–Crippen MR) is 32.3 cm³/mol. The molecular formula is C5H6N4. The summed E-state index contributed by atoms with van der Waals surface area (Å²) in [4.78, 5) is 6.25. The van der Waals surface area contributed by atoms with Gasteiger partial charge in [-0.1, -0.05) is 0 Å². The standard InChI is InChI=1S/C5H6N4/c1-6-4-3-5(7-1)9(3)2-8-4/h2,4,6-7H,1H2. The highest BCUT2D eigenvalue weighted by Crippen LogP contribution is 2.36. The Morgan fingerprint density at radius 2 is 2.78 bits per heavy atom. The van der Waals surface area contributed by atoms with E-state index in [9.17, 15) is 0 Å². The van der Waals surface area contributed by atoms with Crippen LogP contribution in [0.2, 0.25) is 0 Å². The third-order valence-electron chi connectivity index (χ3n) is 1.83. The minimum absolute atomic E-state index is 0.265. The first-order chi connectivity index (χ1) is 4.47. The Morgan fingerprint density at radius 3 is 3.56 bits per heavy atom. The SMILES string of the molecule is C1=NC2NCNC3=C2N13. The van der Waals surface area contributed by atoms with E-state index in [0.717, 1.165) is 6.67 Å². The smallest absolute Gasteiger partial charge is 0.147 e. The van der Waals surface area contributed by atoms with Crippen molar-refractivity contribution in [1.29, 1.82) is 0 Å². The van der Waals surface area contributed by atoms with Gasteiger partial charge in [-0.3, -0.25) is 10.2 Å². The maximum atomic E-state index is 4.18. The van der Waals surface area contributed by atoms with E-state index in [4.69, 9.17) is 0 Å². The van der Waals surface area contributed by atoms with E-state index >= 15 is 0 Å². The first-order valence-corrected chi connectivity index (χ1v) is 3.01. The average molecular weight is 122 g/mol. The summed E-state index contributed by atoms with van der Waals surface area (Å²) >= 11 is 0. The molecule has 3 rings (SSSR count). The van der Waals surface area contributed by atoms with Gasteiger partial charge in [0.2, 0.25) is 0 Å². The van der Waals surface area contributed by atoms with Crippen LogP contribution >= 0.6 is 0 Å². The maximum Gasteiger partial charge on any atom is 0.147 e. The minimum Gasteiger partial charge on any atom is -0.357 e. The van der Waals surface area contributed by atoms with Gasteiger partial charge in [0.25, 0.3) is 0 Å². The van der Waals surface area contributed by atoms with Crippen LogP contribution in [-0.4, -0.2) is 24.1 Å². The van der Waals surface area contributed by atoms with Crippen LogP contribution < -0.4 is 10.6 Å². The van der Waals surface area contributed by atoms with Gasteiger partial charge in [-0.25, -0.2) is 4.99 Å². The van der Waals surface area contributed by atoms with Crippen LogP contribution in [0.1, 0.15) is 0 Å². The highest BCUT2D eigenvalue weighted by atomic mass is 15.5. The van der Waals surface area contributed by atoms with E-state index < -0.39 is 0 Å². The third kappa shape index (κ3) is 0.300. The summed E-state index contributed by atoms with van der Waals surface area (Å²) in [7, 11) is 0. The minimum atomic E-state index is 0.265. The lowest BCUT2D eigenvalue weighted by molar-refractivity contribution is 0.562. The van der Waals surface area contributed by atoms with Gasteiger partial charge >= 0.3 is 0 Å². The van der Waals surface area contributed by atoms with Crippen molar-refractivity contribution in [3.8, 4) is 0 Å². The Bertz CT molecular complexity index is 229. The molecular weight excluding hydrogens is 116 g/mol. The van der Waals surface area contributed by atoms with E-state index in [-0.39, 0.29) is 6.17 Å². The lowest BCUT2D eigenvalue weighted by Crippen LogP contribution is -2.36. The van der Waals surface area contributed by atoms with Crippen molar-refractivity contribution in [3.63, 3.8) is 0 Å². The highest BCUT2D eigenvalue weighted by molar-refractivity contribution is 5.74. The summed E-state index contributed by atoms with van der Waals surface area (Å²) in [6.45, 7) is 0.845. The fourth-order valence-corrected chi connectivity index (χ4v) is 1.33. The quantitative estimate of drug-likeness (QED) is 0.432. The fraction of sp³-hybridized carbons (Fsp3) is 0.400. The van der Waals surface area contributed by atoms with Gasteiger partial charge in [-0.05, 0) is 0 Å². The first kappa shape index (κ1) is 3.90. The normalized spacial score (nSPS) is 34.7. The van der Waals surface area contributed by atoms with Crippen molar-refractivity contribution in [2.45, 2.75) is 6.17 Å². The molecule has 3 aliphatic rings. The molecule has 0 aromatic heterocycles. The third-order valence-corrected chi connectivity index (χ3v) is 1.83. The molecule has 0 amide bonds. The predicted octanol–water partition coefficient (Wildman–Crippen LogP) is -1.01. The van der Waals surface area contributed by atoms with E-state index in [1.165, 1.54) is 11.5 Å². The molecule has 0 saturated carbocycles. The van der Waals surface area contributed by atoms with Crippen LogP contribution in [0.4, 0.5) is 0 Å². The van der Waals surface area contributed by atoms with Crippen molar-refractivity contribution in [2.24, 2.45) is 4.99 Å². The van der Waals surface area contributed by atoms with Gasteiger partial charge in [0.05, 0.1) is 13.0 Å². The zero-order valence-electron chi connectivity index (χ0n) is 4.76. The number of rotatable bonds is 0. The van der Waals surface area contributed by atoms with Crippen molar-refractivity contribution in [1.82, 2.24) is 15.5 Å². The Morgan fingerprint density at radius 1 is 1.78 bits per heavy atom. The van der Waals surface area contributed by atoms with Crippen LogP contribution in [-0.2, 0) is 0 Å². The van der Waals surface area contributed by atoms with Crippen LogP contribution in [0.15, 0.2) is 16.5 Å². The van der Waals surface area contributed by atoms with Crippen LogP contribution in [0.3, 0.4) is 0 Å².